The van der Waals surface area contributed by atoms with Gasteiger partial charge in [0.2, 0.25) is 5.91 Å². The number of nitrogens with one attached hydrogen (secondary N) is 1. The first-order chi connectivity index (χ1) is 11.1. The maximum Gasteiger partial charge on any atom is 0.315 e. The minimum Gasteiger partial charge on any atom is -0.466 e. The summed E-state index contributed by atoms with van der Waals surface area (Å²) in [6, 6.07) is 7.76. The molecule has 0 aliphatic heterocycles. The maximum absolute atomic E-state index is 12.0. The molecule has 0 atom stereocenters. The number of anilines is 1. The van der Waals surface area contributed by atoms with E-state index in [1.807, 2.05) is 12.1 Å². The highest BCUT2D eigenvalue weighted by molar-refractivity contribution is 6.02. The van der Waals surface area contributed by atoms with Gasteiger partial charge in [0.25, 0.3) is 0 Å². The van der Waals surface area contributed by atoms with Crippen molar-refractivity contribution in [1.29, 1.82) is 5.26 Å². The number of fused-ring (bicyclic) bond motifs is 1. The molecule has 0 aromatic heterocycles. The van der Waals surface area contributed by atoms with Gasteiger partial charge in [-0.05, 0) is 61.6 Å². The molecule has 3 fully saturated rings. The average Bonchev–Trinajstić information content (AvgIpc) is 3.08. The number of rotatable bonds is 5. The van der Waals surface area contributed by atoms with Gasteiger partial charge in [-0.3, -0.25) is 9.59 Å². The SMILES string of the molecule is CCOC(=O)CC(=O)Nc1cc(C23CCC(C2)C3)ccc1C#N. The Hall–Kier alpha value is -2.35. The van der Waals surface area contributed by atoms with Gasteiger partial charge in [0.05, 0.1) is 17.9 Å². The van der Waals surface area contributed by atoms with Crippen molar-refractivity contribution in [2.75, 3.05) is 11.9 Å². The zero-order valence-corrected chi connectivity index (χ0v) is 13.2. The van der Waals surface area contributed by atoms with Gasteiger partial charge in [0, 0.05) is 0 Å². The fourth-order valence-corrected chi connectivity index (χ4v) is 3.93. The van der Waals surface area contributed by atoms with Crippen LogP contribution in [-0.2, 0) is 19.7 Å². The summed E-state index contributed by atoms with van der Waals surface area (Å²) < 4.78 is 4.77. The van der Waals surface area contributed by atoms with Crippen LogP contribution >= 0.6 is 0 Å². The van der Waals surface area contributed by atoms with Gasteiger partial charge in [-0.25, -0.2) is 0 Å². The maximum atomic E-state index is 12.0. The van der Waals surface area contributed by atoms with Gasteiger partial charge in [-0.1, -0.05) is 6.07 Å². The van der Waals surface area contributed by atoms with Crippen molar-refractivity contribution in [2.24, 2.45) is 5.92 Å². The topological polar surface area (TPSA) is 79.2 Å². The van der Waals surface area contributed by atoms with Crippen molar-refractivity contribution in [2.45, 2.75) is 44.4 Å². The average molecular weight is 312 g/mol. The normalized spacial score (nSPS) is 24.4. The molecule has 0 spiro atoms. The van der Waals surface area contributed by atoms with Gasteiger partial charge in [-0.2, -0.15) is 5.26 Å². The summed E-state index contributed by atoms with van der Waals surface area (Å²) in [5, 5.41) is 11.9. The van der Waals surface area contributed by atoms with Crippen molar-refractivity contribution in [3.63, 3.8) is 0 Å². The van der Waals surface area contributed by atoms with E-state index in [1.54, 1.807) is 13.0 Å². The zero-order valence-electron chi connectivity index (χ0n) is 13.2. The third-order valence-electron chi connectivity index (χ3n) is 5.03. The lowest BCUT2D eigenvalue weighted by atomic mass is 9.65. The Balaban J connectivity index is 1.76. The molecule has 3 saturated carbocycles. The molecule has 1 aromatic rings. The second kappa shape index (κ2) is 6.04. The Kier molecular flexibility index (Phi) is 4.08. The zero-order chi connectivity index (χ0) is 16.4. The van der Waals surface area contributed by atoms with E-state index in [0.29, 0.717) is 11.3 Å². The van der Waals surface area contributed by atoms with Crippen LogP contribution in [0.25, 0.3) is 0 Å². The van der Waals surface area contributed by atoms with E-state index in [1.165, 1.54) is 31.2 Å². The quantitative estimate of drug-likeness (QED) is 0.669. The summed E-state index contributed by atoms with van der Waals surface area (Å²) >= 11 is 0. The molecule has 0 saturated heterocycles. The molecule has 1 amide bonds. The van der Waals surface area contributed by atoms with Gasteiger partial charge in [0.1, 0.15) is 12.5 Å². The number of carbonyl (C=O) groups excluding carboxylic acids is 2. The molecule has 2 bridgehead atoms. The molecule has 4 rings (SSSR count). The summed E-state index contributed by atoms with van der Waals surface area (Å²) in [4.78, 5) is 23.4. The smallest absolute Gasteiger partial charge is 0.315 e. The van der Waals surface area contributed by atoms with Crippen LogP contribution < -0.4 is 5.32 Å². The number of esters is 1. The standard InChI is InChI=1S/C18H20N2O3/c1-2-23-17(22)8-16(21)20-15-7-14(4-3-13(15)11-19)18-6-5-12(9-18)10-18/h3-4,7,12H,2,5-6,8-10H2,1H3,(H,20,21). The number of hydrogen-bond acceptors (Lipinski definition) is 4. The lowest BCUT2D eigenvalue weighted by Gasteiger charge is -2.39. The highest BCUT2D eigenvalue weighted by Gasteiger charge is 2.51. The third-order valence-corrected chi connectivity index (χ3v) is 5.03. The number of hydrogen-bond donors (Lipinski definition) is 1. The van der Waals surface area contributed by atoms with Gasteiger partial charge < -0.3 is 10.1 Å². The van der Waals surface area contributed by atoms with Crippen LogP contribution in [0.4, 0.5) is 5.69 Å². The fourth-order valence-electron chi connectivity index (χ4n) is 3.93. The van der Waals surface area contributed by atoms with E-state index in [4.69, 9.17) is 4.74 Å². The summed E-state index contributed by atoms with van der Waals surface area (Å²) in [6.07, 6.45) is 4.52. The summed E-state index contributed by atoms with van der Waals surface area (Å²) in [7, 11) is 0. The molecule has 3 aliphatic rings. The highest BCUT2D eigenvalue weighted by Crippen LogP contribution is 2.60. The van der Waals surface area contributed by atoms with Crippen LogP contribution in [0, 0.1) is 17.2 Å². The van der Waals surface area contributed by atoms with E-state index >= 15 is 0 Å². The predicted octanol–water partition coefficient (Wildman–Crippen LogP) is 2.89. The van der Waals surface area contributed by atoms with E-state index < -0.39 is 11.9 Å². The Morgan fingerprint density at radius 1 is 1.43 bits per heavy atom. The van der Waals surface area contributed by atoms with Crippen LogP contribution in [-0.4, -0.2) is 18.5 Å². The fraction of sp³-hybridized carbons (Fsp3) is 0.500. The number of nitriles is 1. The van der Waals surface area contributed by atoms with Crippen LogP contribution in [0.2, 0.25) is 0 Å². The Labute approximate surface area is 135 Å². The van der Waals surface area contributed by atoms with Crippen molar-refractivity contribution in [3.8, 4) is 6.07 Å². The Morgan fingerprint density at radius 2 is 2.22 bits per heavy atom. The minimum absolute atomic E-state index is 0.235. The van der Waals surface area contributed by atoms with Crippen LogP contribution in [0.1, 0.15) is 50.2 Å². The van der Waals surface area contributed by atoms with Crippen LogP contribution in [0.15, 0.2) is 18.2 Å². The molecule has 0 heterocycles. The van der Waals surface area contributed by atoms with E-state index in [0.717, 1.165) is 5.92 Å². The molecule has 0 unspecified atom stereocenters. The lowest BCUT2D eigenvalue weighted by Crippen LogP contribution is -2.32. The Bertz CT molecular complexity index is 678. The first-order valence-corrected chi connectivity index (χ1v) is 8.06. The van der Waals surface area contributed by atoms with E-state index in [9.17, 15) is 14.9 Å². The highest BCUT2D eigenvalue weighted by atomic mass is 16.5. The second-order valence-corrected chi connectivity index (χ2v) is 6.50. The van der Waals surface area contributed by atoms with Gasteiger partial charge in [0.15, 0.2) is 0 Å². The van der Waals surface area contributed by atoms with Crippen molar-refractivity contribution in [3.05, 3.63) is 29.3 Å². The molecular weight excluding hydrogens is 292 g/mol. The summed E-state index contributed by atoms with van der Waals surface area (Å²) in [6.45, 7) is 1.94. The predicted molar refractivity (Wildman–Crippen MR) is 84.7 cm³/mol. The van der Waals surface area contributed by atoms with Gasteiger partial charge in [-0.15, -0.1) is 0 Å². The molecule has 3 aliphatic carbocycles. The second-order valence-electron chi connectivity index (χ2n) is 6.50. The molecule has 5 nitrogen and oxygen atoms in total. The molecule has 23 heavy (non-hydrogen) atoms. The van der Waals surface area contributed by atoms with Crippen molar-refractivity contribution < 1.29 is 14.3 Å². The first-order valence-electron chi connectivity index (χ1n) is 8.06. The molecular formula is C18H20N2O3. The van der Waals surface area contributed by atoms with Crippen molar-refractivity contribution in [1.82, 2.24) is 0 Å². The Morgan fingerprint density at radius 3 is 2.83 bits per heavy atom. The number of nitrogens with zero attached hydrogens (tertiary/aromatic N) is 1. The number of amides is 1. The number of benzene rings is 1. The third kappa shape index (κ3) is 2.94. The number of ether oxygens (including phenoxy) is 1. The van der Waals surface area contributed by atoms with Crippen LogP contribution in [0.3, 0.4) is 0 Å². The molecule has 1 N–H and O–H groups in total. The largest absolute Gasteiger partial charge is 0.466 e. The van der Waals surface area contributed by atoms with Gasteiger partial charge >= 0.3 is 5.97 Å². The molecule has 0 radical (unpaired) electrons. The lowest BCUT2D eigenvalue weighted by molar-refractivity contribution is -0.145. The summed E-state index contributed by atoms with van der Waals surface area (Å²) in [5.74, 6) is -0.170. The monoisotopic (exact) mass is 312 g/mol. The van der Waals surface area contributed by atoms with Crippen molar-refractivity contribution >= 4 is 17.6 Å². The minimum atomic E-state index is -0.559. The van der Waals surface area contributed by atoms with Crippen LogP contribution in [0.5, 0.6) is 0 Å². The molecule has 120 valence electrons. The summed E-state index contributed by atoms with van der Waals surface area (Å²) in [5.41, 5.74) is 2.33. The first kappa shape index (κ1) is 15.5. The molecule has 5 heteroatoms. The number of carbonyl (C=O) groups is 2. The molecule has 1 aromatic carbocycles. The van der Waals surface area contributed by atoms with E-state index in [2.05, 4.69) is 11.4 Å². The van der Waals surface area contributed by atoms with E-state index in [-0.39, 0.29) is 18.4 Å².